The Kier molecular flexibility index (Phi) is 6.84. The third-order valence-corrected chi connectivity index (χ3v) is 4.13. The molecular formula is C23H22N2O4. The third kappa shape index (κ3) is 5.59. The van der Waals surface area contributed by atoms with Crippen molar-refractivity contribution >= 4 is 23.3 Å². The minimum Gasteiger partial charge on any atom is -0.465 e. The zero-order valence-electron chi connectivity index (χ0n) is 16.1. The van der Waals surface area contributed by atoms with E-state index in [4.69, 9.17) is 9.47 Å². The van der Waals surface area contributed by atoms with Gasteiger partial charge in [0, 0.05) is 18.7 Å². The van der Waals surface area contributed by atoms with E-state index in [1.807, 2.05) is 48.5 Å². The summed E-state index contributed by atoms with van der Waals surface area (Å²) in [6, 6.07) is 23.6. The summed E-state index contributed by atoms with van der Waals surface area (Å²) in [7, 11) is 1.33. The number of methoxy groups -OCH3 is 1. The standard InChI is InChI=1S/C23H22N2O4/c1-28-23(27)18-11-5-6-12-19(18)24-16-15-22(26)25-20-13-7-8-14-21(20)29-17-9-3-2-4-10-17/h2-14,24H,15-16H2,1H3,(H,25,26). The molecule has 6 nitrogen and oxygen atoms in total. The highest BCUT2D eigenvalue weighted by atomic mass is 16.5. The van der Waals surface area contributed by atoms with E-state index in [0.717, 1.165) is 0 Å². The molecule has 0 unspecified atom stereocenters. The van der Waals surface area contributed by atoms with Gasteiger partial charge in [-0.2, -0.15) is 0 Å². The van der Waals surface area contributed by atoms with Gasteiger partial charge < -0.3 is 20.1 Å². The average Bonchev–Trinajstić information content (AvgIpc) is 2.75. The van der Waals surface area contributed by atoms with Gasteiger partial charge in [-0.3, -0.25) is 4.79 Å². The number of anilines is 2. The van der Waals surface area contributed by atoms with Gasteiger partial charge in [0.15, 0.2) is 5.75 Å². The summed E-state index contributed by atoms with van der Waals surface area (Å²) in [5, 5.41) is 5.98. The van der Waals surface area contributed by atoms with E-state index in [1.165, 1.54) is 7.11 Å². The Morgan fingerprint density at radius 2 is 1.48 bits per heavy atom. The van der Waals surface area contributed by atoms with Crippen LogP contribution < -0.4 is 15.4 Å². The molecular weight excluding hydrogens is 368 g/mol. The molecule has 6 heteroatoms. The Bertz CT molecular complexity index is 973. The number of benzene rings is 3. The maximum Gasteiger partial charge on any atom is 0.339 e. The number of carbonyl (C=O) groups excluding carboxylic acids is 2. The van der Waals surface area contributed by atoms with Crippen LogP contribution in [0.1, 0.15) is 16.8 Å². The van der Waals surface area contributed by atoms with Crippen LogP contribution in [0.25, 0.3) is 0 Å². The second kappa shape index (κ2) is 9.94. The smallest absolute Gasteiger partial charge is 0.339 e. The maximum atomic E-state index is 12.4. The fraction of sp³-hybridized carbons (Fsp3) is 0.130. The number of nitrogens with one attached hydrogen (secondary N) is 2. The predicted octanol–water partition coefficient (Wildman–Crippen LogP) is 4.71. The van der Waals surface area contributed by atoms with Crippen LogP contribution in [-0.4, -0.2) is 25.5 Å². The molecule has 0 atom stereocenters. The normalized spacial score (nSPS) is 10.1. The van der Waals surface area contributed by atoms with Crippen LogP contribution in [0.5, 0.6) is 11.5 Å². The van der Waals surface area contributed by atoms with Crippen molar-refractivity contribution in [3.05, 3.63) is 84.4 Å². The van der Waals surface area contributed by atoms with Crippen LogP contribution in [-0.2, 0) is 9.53 Å². The molecule has 148 valence electrons. The van der Waals surface area contributed by atoms with Crippen LogP contribution in [0, 0.1) is 0 Å². The van der Waals surface area contributed by atoms with E-state index in [0.29, 0.717) is 35.0 Å². The molecule has 0 fully saturated rings. The first kappa shape index (κ1) is 19.9. The monoisotopic (exact) mass is 390 g/mol. The van der Waals surface area contributed by atoms with Gasteiger partial charge in [-0.25, -0.2) is 4.79 Å². The maximum absolute atomic E-state index is 12.4. The summed E-state index contributed by atoms with van der Waals surface area (Å²) < 4.78 is 10.6. The zero-order valence-corrected chi connectivity index (χ0v) is 16.1. The van der Waals surface area contributed by atoms with E-state index >= 15 is 0 Å². The van der Waals surface area contributed by atoms with Gasteiger partial charge in [-0.1, -0.05) is 42.5 Å². The van der Waals surface area contributed by atoms with Gasteiger partial charge >= 0.3 is 5.97 Å². The molecule has 0 heterocycles. The molecule has 3 aromatic carbocycles. The molecule has 0 spiro atoms. The van der Waals surface area contributed by atoms with Crippen LogP contribution in [0.2, 0.25) is 0 Å². The fourth-order valence-electron chi connectivity index (χ4n) is 2.72. The molecule has 0 aliphatic rings. The number of hydrogen-bond acceptors (Lipinski definition) is 5. The zero-order chi connectivity index (χ0) is 20.5. The second-order valence-corrected chi connectivity index (χ2v) is 6.17. The van der Waals surface area contributed by atoms with E-state index in [1.54, 1.807) is 30.3 Å². The lowest BCUT2D eigenvalue weighted by Crippen LogP contribution is -2.17. The summed E-state index contributed by atoms with van der Waals surface area (Å²) in [6.07, 6.45) is 0.217. The van der Waals surface area contributed by atoms with Gasteiger partial charge in [-0.05, 0) is 36.4 Å². The molecule has 0 bridgehead atoms. The van der Waals surface area contributed by atoms with Crippen LogP contribution in [0.15, 0.2) is 78.9 Å². The summed E-state index contributed by atoms with van der Waals surface area (Å²) in [5.74, 6) is 0.660. The first-order valence-electron chi connectivity index (χ1n) is 9.20. The number of para-hydroxylation sites is 4. The first-order chi connectivity index (χ1) is 14.2. The molecule has 0 saturated carbocycles. The number of esters is 1. The molecule has 3 aromatic rings. The summed E-state index contributed by atoms with van der Waals surface area (Å²) >= 11 is 0. The van der Waals surface area contributed by atoms with Gasteiger partial charge in [0.2, 0.25) is 5.91 Å². The van der Waals surface area contributed by atoms with Crippen molar-refractivity contribution in [3.8, 4) is 11.5 Å². The van der Waals surface area contributed by atoms with Crippen LogP contribution >= 0.6 is 0 Å². The molecule has 1 amide bonds. The number of carbonyl (C=O) groups is 2. The molecule has 3 rings (SSSR count). The quantitative estimate of drug-likeness (QED) is 0.545. The van der Waals surface area contributed by atoms with E-state index in [-0.39, 0.29) is 12.3 Å². The topological polar surface area (TPSA) is 76.7 Å². The minimum absolute atomic E-state index is 0.169. The van der Waals surface area contributed by atoms with Gasteiger partial charge in [0.1, 0.15) is 5.75 Å². The van der Waals surface area contributed by atoms with Crippen molar-refractivity contribution in [2.45, 2.75) is 6.42 Å². The summed E-state index contributed by atoms with van der Waals surface area (Å²) in [5.41, 5.74) is 1.65. The van der Waals surface area contributed by atoms with E-state index in [9.17, 15) is 9.59 Å². The molecule has 0 aromatic heterocycles. The van der Waals surface area contributed by atoms with Gasteiger partial charge in [-0.15, -0.1) is 0 Å². The Morgan fingerprint density at radius 1 is 0.828 bits per heavy atom. The van der Waals surface area contributed by atoms with Crippen molar-refractivity contribution in [3.63, 3.8) is 0 Å². The molecule has 0 saturated heterocycles. The Balaban J connectivity index is 1.58. The van der Waals surface area contributed by atoms with E-state index in [2.05, 4.69) is 10.6 Å². The van der Waals surface area contributed by atoms with Crippen molar-refractivity contribution in [1.29, 1.82) is 0 Å². The molecule has 29 heavy (non-hydrogen) atoms. The lowest BCUT2D eigenvalue weighted by molar-refractivity contribution is -0.116. The molecule has 0 radical (unpaired) electrons. The second-order valence-electron chi connectivity index (χ2n) is 6.17. The lowest BCUT2D eigenvalue weighted by Gasteiger charge is -2.13. The molecule has 0 aliphatic heterocycles. The van der Waals surface area contributed by atoms with Crippen molar-refractivity contribution in [1.82, 2.24) is 0 Å². The third-order valence-electron chi connectivity index (χ3n) is 4.13. The number of hydrogen-bond donors (Lipinski definition) is 2. The summed E-state index contributed by atoms with van der Waals surface area (Å²) in [6.45, 7) is 0.363. The highest BCUT2D eigenvalue weighted by Crippen LogP contribution is 2.29. The van der Waals surface area contributed by atoms with Crippen molar-refractivity contribution in [2.75, 3.05) is 24.3 Å². The van der Waals surface area contributed by atoms with Crippen molar-refractivity contribution in [2.24, 2.45) is 0 Å². The largest absolute Gasteiger partial charge is 0.465 e. The van der Waals surface area contributed by atoms with Crippen LogP contribution in [0.4, 0.5) is 11.4 Å². The average molecular weight is 390 g/mol. The Labute approximate surface area is 169 Å². The Hall–Kier alpha value is -3.80. The molecule has 2 N–H and O–H groups in total. The van der Waals surface area contributed by atoms with E-state index < -0.39 is 5.97 Å². The minimum atomic E-state index is -0.426. The number of amides is 1. The van der Waals surface area contributed by atoms with Crippen molar-refractivity contribution < 1.29 is 19.1 Å². The number of ether oxygens (including phenoxy) is 2. The Morgan fingerprint density at radius 3 is 2.24 bits per heavy atom. The summed E-state index contributed by atoms with van der Waals surface area (Å²) in [4.78, 5) is 24.2. The first-order valence-corrected chi connectivity index (χ1v) is 9.20. The lowest BCUT2D eigenvalue weighted by atomic mass is 10.1. The highest BCUT2D eigenvalue weighted by Gasteiger charge is 2.12. The highest BCUT2D eigenvalue weighted by molar-refractivity contribution is 5.96. The fourth-order valence-corrected chi connectivity index (χ4v) is 2.72. The predicted molar refractivity (Wildman–Crippen MR) is 112 cm³/mol. The SMILES string of the molecule is COC(=O)c1ccccc1NCCC(=O)Nc1ccccc1Oc1ccccc1. The van der Waals surface area contributed by atoms with Gasteiger partial charge in [0.05, 0.1) is 18.4 Å². The van der Waals surface area contributed by atoms with Crippen LogP contribution in [0.3, 0.4) is 0 Å². The molecule has 0 aliphatic carbocycles. The van der Waals surface area contributed by atoms with Gasteiger partial charge in [0.25, 0.3) is 0 Å². The number of rotatable bonds is 8.